The van der Waals surface area contributed by atoms with Gasteiger partial charge in [0.15, 0.2) is 5.79 Å². The fraction of sp³-hybridized carbons (Fsp3) is 1.00. The lowest BCUT2D eigenvalue weighted by molar-refractivity contribution is -0.203. The second-order valence-electron chi connectivity index (χ2n) is 5.38. The number of hydrogen-bond donors (Lipinski definition) is 3. The van der Waals surface area contributed by atoms with Crippen LogP contribution >= 0.6 is 0 Å². The Morgan fingerprint density at radius 3 is 2.39 bits per heavy atom. The lowest BCUT2D eigenvalue weighted by atomic mass is 9.75. The third kappa shape index (κ3) is 1.87. The van der Waals surface area contributed by atoms with Gasteiger partial charge in [-0.3, -0.25) is 0 Å². The van der Waals surface area contributed by atoms with Crippen LogP contribution in [-0.4, -0.2) is 57.2 Å². The molecule has 0 aromatic heterocycles. The van der Waals surface area contributed by atoms with Crippen molar-refractivity contribution in [1.82, 2.24) is 0 Å². The molecule has 18 heavy (non-hydrogen) atoms. The van der Waals surface area contributed by atoms with Crippen molar-refractivity contribution in [2.45, 2.75) is 62.6 Å². The first-order valence-electron chi connectivity index (χ1n) is 5.69. The number of nitrogens with zero attached hydrogens (tertiary/aromatic N) is 3. The predicted molar refractivity (Wildman–Crippen MR) is 59.4 cm³/mol. The summed E-state index contributed by atoms with van der Waals surface area (Å²) in [7, 11) is 0. The summed E-state index contributed by atoms with van der Waals surface area (Å²) in [5.41, 5.74) is 6.78. The highest BCUT2D eigenvalue weighted by molar-refractivity contribution is 5.12. The van der Waals surface area contributed by atoms with Crippen LogP contribution in [0.2, 0.25) is 0 Å². The van der Waals surface area contributed by atoms with E-state index in [1.54, 1.807) is 13.8 Å². The smallest absolute Gasteiger partial charge is 0.164 e. The summed E-state index contributed by atoms with van der Waals surface area (Å²) in [6.07, 6.45) is -4.40. The van der Waals surface area contributed by atoms with Crippen LogP contribution in [0.1, 0.15) is 20.8 Å². The molecule has 102 valence electrons. The third-order valence-corrected chi connectivity index (χ3v) is 3.50. The van der Waals surface area contributed by atoms with Gasteiger partial charge in [-0.2, -0.15) is 0 Å². The molecule has 2 rings (SSSR count). The summed E-state index contributed by atoms with van der Waals surface area (Å²) in [4.78, 5) is 2.57. The monoisotopic (exact) mass is 259 g/mol. The topological polar surface area (TPSA) is 128 Å². The lowest BCUT2D eigenvalue weighted by Gasteiger charge is -2.45. The maximum atomic E-state index is 10.3. The maximum Gasteiger partial charge on any atom is 0.164 e. The van der Waals surface area contributed by atoms with E-state index in [4.69, 9.17) is 15.0 Å². The van der Waals surface area contributed by atoms with E-state index in [9.17, 15) is 15.3 Å². The predicted octanol–water partition coefficient (Wildman–Crippen LogP) is -0.328. The molecule has 8 nitrogen and oxygen atoms in total. The van der Waals surface area contributed by atoms with Gasteiger partial charge >= 0.3 is 0 Å². The van der Waals surface area contributed by atoms with Gasteiger partial charge in [-0.1, -0.05) is 5.11 Å². The Morgan fingerprint density at radius 2 is 1.83 bits per heavy atom. The van der Waals surface area contributed by atoms with Crippen LogP contribution in [-0.2, 0) is 9.47 Å². The van der Waals surface area contributed by atoms with Gasteiger partial charge in [0.1, 0.15) is 17.8 Å². The summed E-state index contributed by atoms with van der Waals surface area (Å²) in [5.74, 6) is -0.981. The molecule has 0 unspecified atom stereocenters. The SMILES string of the molecule is CC1(C)O[C@H]2[C@H](O)[C@@H](N=[N+]=[N-])[C@H](O)[C@](C)(O)[C@H]2O1. The molecule has 1 saturated carbocycles. The largest absolute Gasteiger partial charge is 0.390 e. The van der Waals surface area contributed by atoms with Crippen LogP contribution in [0.4, 0.5) is 0 Å². The third-order valence-electron chi connectivity index (χ3n) is 3.50. The van der Waals surface area contributed by atoms with Gasteiger partial charge in [0.2, 0.25) is 0 Å². The molecule has 1 saturated heterocycles. The van der Waals surface area contributed by atoms with Crippen LogP contribution in [0, 0.1) is 0 Å². The Hall–Kier alpha value is -0.890. The maximum absolute atomic E-state index is 10.3. The number of aliphatic hydroxyl groups is 3. The molecular weight excluding hydrogens is 242 g/mol. The van der Waals surface area contributed by atoms with Crippen LogP contribution < -0.4 is 0 Å². The lowest BCUT2D eigenvalue weighted by Crippen LogP contribution is -2.68. The van der Waals surface area contributed by atoms with Crippen molar-refractivity contribution in [3.05, 3.63) is 10.4 Å². The second-order valence-corrected chi connectivity index (χ2v) is 5.38. The first-order valence-corrected chi connectivity index (χ1v) is 5.69. The number of ether oxygens (including phenoxy) is 2. The van der Waals surface area contributed by atoms with E-state index < -0.39 is 41.8 Å². The molecule has 1 aliphatic carbocycles. The molecule has 2 fully saturated rings. The van der Waals surface area contributed by atoms with Crippen molar-refractivity contribution >= 4 is 0 Å². The second kappa shape index (κ2) is 4.06. The molecular formula is C10H17N3O5. The summed E-state index contributed by atoms with van der Waals surface area (Å²) in [5, 5.41) is 33.7. The Morgan fingerprint density at radius 1 is 1.22 bits per heavy atom. The van der Waals surface area contributed by atoms with E-state index in [0.29, 0.717) is 0 Å². The molecule has 1 aliphatic heterocycles. The zero-order chi connectivity index (χ0) is 13.7. The molecule has 0 aromatic carbocycles. The minimum absolute atomic E-state index is 0.853. The number of aliphatic hydroxyl groups excluding tert-OH is 2. The van der Waals surface area contributed by atoms with Crippen molar-refractivity contribution in [3.63, 3.8) is 0 Å². The van der Waals surface area contributed by atoms with Crippen LogP contribution in [0.5, 0.6) is 0 Å². The average Bonchev–Trinajstić information content (AvgIpc) is 2.60. The summed E-state index contributed by atoms with van der Waals surface area (Å²) in [6.45, 7) is 4.65. The van der Waals surface area contributed by atoms with E-state index in [-0.39, 0.29) is 0 Å². The van der Waals surface area contributed by atoms with E-state index in [1.165, 1.54) is 6.92 Å². The normalized spacial score (nSPS) is 50.4. The molecule has 2 aliphatic rings. The van der Waals surface area contributed by atoms with Crippen molar-refractivity contribution in [3.8, 4) is 0 Å². The highest BCUT2D eigenvalue weighted by Crippen LogP contribution is 2.42. The van der Waals surface area contributed by atoms with Crippen molar-refractivity contribution in [2.24, 2.45) is 5.11 Å². The fourth-order valence-electron chi connectivity index (χ4n) is 2.58. The van der Waals surface area contributed by atoms with E-state index in [2.05, 4.69) is 10.0 Å². The van der Waals surface area contributed by atoms with Crippen LogP contribution in [0.25, 0.3) is 10.4 Å². The van der Waals surface area contributed by atoms with Gasteiger partial charge in [0.25, 0.3) is 0 Å². The first kappa shape index (κ1) is 13.5. The van der Waals surface area contributed by atoms with Gasteiger partial charge in [0, 0.05) is 4.91 Å². The molecule has 1 heterocycles. The molecule has 0 amide bonds. The van der Waals surface area contributed by atoms with Crippen LogP contribution in [0.15, 0.2) is 5.11 Å². The van der Waals surface area contributed by atoms with Crippen LogP contribution in [0.3, 0.4) is 0 Å². The number of azide groups is 1. The van der Waals surface area contributed by atoms with Gasteiger partial charge in [-0.05, 0) is 26.3 Å². The number of rotatable bonds is 1. The summed E-state index contributed by atoms with van der Waals surface area (Å²) in [6, 6.07) is -1.18. The van der Waals surface area contributed by atoms with Gasteiger partial charge < -0.3 is 24.8 Å². The van der Waals surface area contributed by atoms with E-state index >= 15 is 0 Å². The fourth-order valence-corrected chi connectivity index (χ4v) is 2.58. The molecule has 0 bridgehead atoms. The average molecular weight is 259 g/mol. The molecule has 0 spiro atoms. The molecule has 3 N–H and O–H groups in total. The zero-order valence-electron chi connectivity index (χ0n) is 10.4. The minimum Gasteiger partial charge on any atom is -0.390 e. The van der Waals surface area contributed by atoms with Gasteiger partial charge in [0.05, 0.1) is 18.2 Å². The number of fused-ring (bicyclic) bond motifs is 1. The molecule has 8 heteroatoms. The first-order chi connectivity index (χ1) is 8.20. The Kier molecular flexibility index (Phi) is 3.05. The number of hydrogen-bond acceptors (Lipinski definition) is 6. The standard InChI is InChI=1S/C10H17N3O5/c1-9(2)17-6-5(14)4(12-13-11)7(15)10(3,16)8(6)18-9/h4-8,14-16H,1-3H3/t4-,5-,6+,7+,8+,10+/m1/s1. The highest BCUT2D eigenvalue weighted by Gasteiger charge is 2.62. The Balaban J connectivity index is 2.39. The zero-order valence-corrected chi connectivity index (χ0v) is 10.4. The van der Waals surface area contributed by atoms with E-state index in [1.807, 2.05) is 0 Å². The summed E-state index contributed by atoms with van der Waals surface area (Å²) < 4.78 is 11.0. The van der Waals surface area contributed by atoms with E-state index in [0.717, 1.165) is 0 Å². The summed E-state index contributed by atoms with van der Waals surface area (Å²) >= 11 is 0. The highest BCUT2D eigenvalue weighted by atomic mass is 16.8. The van der Waals surface area contributed by atoms with Crippen molar-refractivity contribution < 1.29 is 24.8 Å². The quantitative estimate of drug-likeness (QED) is 0.337. The Labute approximate surface area is 104 Å². The van der Waals surface area contributed by atoms with Gasteiger partial charge in [-0.15, -0.1) is 0 Å². The molecule has 6 atom stereocenters. The van der Waals surface area contributed by atoms with Gasteiger partial charge in [-0.25, -0.2) is 0 Å². The molecule has 0 aromatic rings. The Bertz CT molecular complexity index is 393. The van der Waals surface area contributed by atoms with Crippen molar-refractivity contribution in [1.29, 1.82) is 0 Å². The molecule has 0 radical (unpaired) electrons. The minimum atomic E-state index is -1.67. The van der Waals surface area contributed by atoms with Crippen molar-refractivity contribution in [2.75, 3.05) is 0 Å².